The van der Waals surface area contributed by atoms with Gasteiger partial charge in [0.05, 0.1) is 24.7 Å². The summed E-state index contributed by atoms with van der Waals surface area (Å²) < 4.78 is 11.8. The van der Waals surface area contributed by atoms with Gasteiger partial charge in [0.15, 0.2) is 0 Å². The summed E-state index contributed by atoms with van der Waals surface area (Å²) in [7, 11) is 1.59. The fourth-order valence-electron chi connectivity index (χ4n) is 6.96. The summed E-state index contributed by atoms with van der Waals surface area (Å²) in [6, 6.07) is 5.40. The first-order chi connectivity index (χ1) is 16.8. The van der Waals surface area contributed by atoms with Gasteiger partial charge in [0.25, 0.3) is 5.91 Å². The van der Waals surface area contributed by atoms with Crippen LogP contribution in [0.1, 0.15) is 88.4 Å². The van der Waals surface area contributed by atoms with Gasteiger partial charge in [0, 0.05) is 12.6 Å². The van der Waals surface area contributed by atoms with Crippen molar-refractivity contribution < 1.29 is 19.1 Å². The molecule has 0 heterocycles. The number of methoxy groups -OCH3 is 1. The zero-order valence-electron chi connectivity index (χ0n) is 21.6. The molecule has 1 aromatic carbocycles. The molecule has 0 spiro atoms. The molecule has 192 valence electrons. The monoisotopic (exact) mass is 482 g/mol. The van der Waals surface area contributed by atoms with Crippen LogP contribution in [0, 0.1) is 29.1 Å². The third kappa shape index (κ3) is 5.17. The lowest BCUT2D eigenvalue weighted by atomic mass is 9.70. The Bertz CT molecular complexity index is 935. The van der Waals surface area contributed by atoms with Gasteiger partial charge in [-0.3, -0.25) is 9.59 Å². The topological polar surface area (TPSA) is 76.7 Å². The highest BCUT2D eigenvalue weighted by atomic mass is 16.5. The number of ether oxygens (including phenoxy) is 2. The first kappa shape index (κ1) is 24.5. The van der Waals surface area contributed by atoms with Crippen molar-refractivity contribution in [3.05, 3.63) is 23.8 Å². The van der Waals surface area contributed by atoms with E-state index in [0.29, 0.717) is 28.9 Å². The van der Waals surface area contributed by atoms with E-state index in [1.54, 1.807) is 7.11 Å². The quantitative estimate of drug-likeness (QED) is 0.540. The first-order valence-corrected chi connectivity index (χ1v) is 13.8. The van der Waals surface area contributed by atoms with E-state index in [0.717, 1.165) is 44.6 Å². The molecule has 35 heavy (non-hydrogen) atoms. The van der Waals surface area contributed by atoms with Crippen LogP contribution in [0.5, 0.6) is 11.5 Å². The maximum absolute atomic E-state index is 13.5. The van der Waals surface area contributed by atoms with E-state index in [1.165, 1.54) is 32.1 Å². The van der Waals surface area contributed by atoms with Crippen LogP contribution in [0.2, 0.25) is 0 Å². The zero-order chi connectivity index (χ0) is 24.6. The largest absolute Gasteiger partial charge is 0.496 e. The van der Waals surface area contributed by atoms with Crippen molar-refractivity contribution in [3.8, 4) is 11.5 Å². The summed E-state index contributed by atoms with van der Waals surface area (Å²) >= 11 is 0. The third-order valence-electron chi connectivity index (χ3n) is 9.45. The standard InChI is InChI=1S/C29H42N2O4/c1-18-5-9-21(10-6-18)35-22-11-12-24(34-3)23(16-22)27(32)31-26-20-8-7-19(15-20)25(26)28(33)30-17-29(2)13-4-14-29/h11-12,16,18-21,25-26H,4-10,13-15,17H2,1-3H3,(H,30,33)(H,31,32)/t18?,19-,20+,21?,25+,26-/m1/s1. The average molecular weight is 483 g/mol. The lowest BCUT2D eigenvalue weighted by Crippen LogP contribution is -2.51. The number of hydrogen-bond donors (Lipinski definition) is 2. The van der Waals surface area contributed by atoms with Crippen LogP contribution in [0.4, 0.5) is 0 Å². The Morgan fingerprint density at radius 3 is 2.49 bits per heavy atom. The number of fused-ring (bicyclic) bond motifs is 2. The molecule has 4 atom stereocenters. The second kappa shape index (κ2) is 10.0. The lowest BCUT2D eigenvalue weighted by Gasteiger charge is -2.39. The molecule has 4 fully saturated rings. The molecular formula is C29H42N2O4. The fraction of sp³-hybridized carbons (Fsp3) is 0.724. The Hall–Kier alpha value is -2.24. The van der Waals surface area contributed by atoms with E-state index in [9.17, 15) is 9.59 Å². The molecule has 0 aliphatic heterocycles. The summed E-state index contributed by atoms with van der Waals surface area (Å²) in [5, 5.41) is 6.50. The van der Waals surface area contributed by atoms with E-state index < -0.39 is 0 Å². The molecule has 2 amide bonds. The molecule has 0 radical (unpaired) electrons. The van der Waals surface area contributed by atoms with Gasteiger partial charge in [0.2, 0.25) is 5.91 Å². The van der Waals surface area contributed by atoms with Crippen LogP contribution in [0.25, 0.3) is 0 Å². The van der Waals surface area contributed by atoms with E-state index >= 15 is 0 Å². The Morgan fingerprint density at radius 2 is 1.80 bits per heavy atom. The normalized spacial score (nSPS) is 33.0. The molecule has 4 saturated carbocycles. The Labute approximate surface area is 209 Å². The van der Waals surface area contributed by atoms with E-state index in [-0.39, 0.29) is 35.3 Å². The highest BCUT2D eigenvalue weighted by molar-refractivity contribution is 5.98. The van der Waals surface area contributed by atoms with Crippen molar-refractivity contribution in [2.75, 3.05) is 13.7 Å². The maximum atomic E-state index is 13.5. The molecule has 2 bridgehead atoms. The van der Waals surface area contributed by atoms with E-state index in [1.807, 2.05) is 18.2 Å². The molecule has 0 unspecified atom stereocenters. The maximum Gasteiger partial charge on any atom is 0.255 e. The minimum absolute atomic E-state index is 0.117. The van der Waals surface area contributed by atoms with Crippen LogP contribution in [0.3, 0.4) is 0 Å². The van der Waals surface area contributed by atoms with Gasteiger partial charge < -0.3 is 20.1 Å². The minimum Gasteiger partial charge on any atom is -0.496 e. The summed E-state index contributed by atoms with van der Waals surface area (Å²) in [5.74, 6) is 2.54. The second-order valence-electron chi connectivity index (χ2n) is 12.1. The Morgan fingerprint density at radius 1 is 1.06 bits per heavy atom. The van der Waals surface area contributed by atoms with Crippen molar-refractivity contribution in [1.29, 1.82) is 0 Å². The molecule has 1 aromatic rings. The third-order valence-corrected chi connectivity index (χ3v) is 9.45. The van der Waals surface area contributed by atoms with Crippen LogP contribution in [-0.4, -0.2) is 37.6 Å². The number of rotatable bonds is 8. The lowest BCUT2D eigenvalue weighted by molar-refractivity contribution is -0.128. The first-order valence-electron chi connectivity index (χ1n) is 13.8. The summed E-state index contributed by atoms with van der Waals surface area (Å²) in [5.41, 5.74) is 0.731. The van der Waals surface area contributed by atoms with Crippen LogP contribution >= 0.6 is 0 Å². The zero-order valence-corrected chi connectivity index (χ0v) is 21.6. The Balaban J connectivity index is 1.27. The molecule has 2 N–H and O–H groups in total. The van der Waals surface area contributed by atoms with Crippen LogP contribution in [-0.2, 0) is 4.79 Å². The minimum atomic E-state index is -0.175. The van der Waals surface area contributed by atoms with Gasteiger partial charge in [-0.05, 0) is 99.2 Å². The van der Waals surface area contributed by atoms with Gasteiger partial charge in [-0.2, -0.15) is 0 Å². The predicted octanol–water partition coefficient (Wildman–Crippen LogP) is 5.10. The molecule has 4 aliphatic rings. The smallest absolute Gasteiger partial charge is 0.255 e. The molecule has 6 nitrogen and oxygen atoms in total. The number of hydrogen-bond acceptors (Lipinski definition) is 4. The number of carbonyl (C=O) groups is 2. The van der Waals surface area contributed by atoms with Gasteiger partial charge >= 0.3 is 0 Å². The molecule has 5 rings (SSSR count). The summed E-state index contributed by atoms with van der Waals surface area (Å²) in [6.45, 7) is 5.29. The van der Waals surface area contributed by atoms with Gasteiger partial charge in [-0.25, -0.2) is 0 Å². The highest BCUT2D eigenvalue weighted by Crippen LogP contribution is 2.49. The molecular weight excluding hydrogens is 440 g/mol. The number of nitrogens with one attached hydrogen (secondary N) is 2. The van der Waals surface area contributed by atoms with Gasteiger partial charge in [0.1, 0.15) is 11.5 Å². The molecule has 0 saturated heterocycles. The average Bonchev–Trinajstić information content (AvgIpc) is 3.44. The van der Waals surface area contributed by atoms with Crippen LogP contribution in [0.15, 0.2) is 18.2 Å². The molecule has 6 heteroatoms. The van der Waals surface area contributed by atoms with Crippen molar-refractivity contribution in [3.63, 3.8) is 0 Å². The second-order valence-corrected chi connectivity index (χ2v) is 12.1. The van der Waals surface area contributed by atoms with Gasteiger partial charge in [-0.1, -0.05) is 20.3 Å². The number of carbonyl (C=O) groups excluding carboxylic acids is 2. The van der Waals surface area contributed by atoms with Gasteiger partial charge in [-0.15, -0.1) is 0 Å². The molecule has 0 aromatic heterocycles. The number of benzene rings is 1. The number of amides is 2. The van der Waals surface area contributed by atoms with Crippen molar-refractivity contribution in [2.24, 2.45) is 29.1 Å². The molecule has 4 aliphatic carbocycles. The fourth-order valence-corrected chi connectivity index (χ4v) is 6.96. The summed E-state index contributed by atoms with van der Waals surface area (Å²) in [6.07, 6.45) is 11.5. The van der Waals surface area contributed by atoms with Crippen molar-refractivity contribution >= 4 is 11.8 Å². The summed E-state index contributed by atoms with van der Waals surface area (Å²) in [4.78, 5) is 26.8. The Kier molecular flexibility index (Phi) is 7.00. The van der Waals surface area contributed by atoms with Crippen LogP contribution < -0.4 is 20.1 Å². The van der Waals surface area contributed by atoms with Crippen molar-refractivity contribution in [1.82, 2.24) is 10.6 Å². The van der Waals surface area contributed by atoms with E-state index in [2.05, 4.69) is 24.5 Å². The van der Waals surface area contributed by atoms with E-state index in [4.69, 9.17) is 9.47 Å². The predicted molar refractivity (Wildman–Crippen MR) is 136 cm³/mol. The SMILES string of the molecule is COc1ccc(OC2CCC(C)CC2)cc1C(=O)N[C@@H]1[C@H]2CC[C@H](C2)[C@@H]1C(=O)NCC1(C)CCC1. The highest BCUT2D eigenvalue weighted by Gasteiger charge is 2.51. The van der Waals surface area contributed by atoms with Crippen molar-refractivity contribution in [2.45, 2.75) is 90.2 Å².